The zero-order chi connectivity index (χ0) is 12.3. The van der Waals surface area contributed by atoms with Gasteiger partial charge in [0.2, 0.25) is 0 Å². The van der Waals surface area contributed by atoms with Crippen LogP contribution in [0.25, 0.3) is 5.69 Å². The summed E-state index contributed by atoms with van der Waals surface area (Å²) in [6.07, 6.45) is 1.55. The molecule has 0 amide bonds. The zero-order valence-corrected chi connectivity index (χ0v) is 9.89. The van der Waals surface area contributed by atoms with Crippen molar-refractivity contribution in [3.05, 3.63) is 36.2 Å². The average Bonchev–Trinajstić information content (AvgIpc) is 2.87. The van der Waals surface area contributed by atoms with Gasteiger partial charge in [0.1, 0.15) is 11.4 Å². The van der Waals surface area contributed by atoms with Crippen LogP contribution in [-0.2, 0) is 0 Å². The fourth-order valence-corrected chi connectivity index (χ4v) is 1.46. The lowest BCUT2D eigenvalue weighted by atomic mass is 10.3. The minimum Gasteiger partial charge on any atom is -0.497 e. The molecule has 5 nitrogen and oxygen atoms in total. The van der Waals surface area contributed by atoms with Crippen molar-refractivity contribution in [3.8, 4) is 11.4 Å². The van der Waals surface area contributed by atoms with E-state index in [-0.39, 0.29) is 17.4 Å². The van der Waals surface area contributed by atoms with Crippen LogP contribution in [0.5, 0.6) is 5.75 Å². The van der Waals surface area contributed by atoms with E-state index in [2.05, 4.69) is 10.3 Å². The lowest BCUT2D eigenvalue weighted by molar-refractivity contribution is 0.101. The third-order valence-electron chi connectivity index (χ3n) is 2.24. The van der Waals surface area contributed by atoms with E-state index in [0.29, 0.717) is 0 Å². The van der Waals surface area contributed by atoms with E-state index in [0.717, 1.165) is 11.4 Å². The molecule has 0 aliphatic heterocycles. The average molecular weight is 252 g/mol. The summed E-state index contributed by atoms with van der Waals surface area (Å²) in [6.45, 7) is 0. The minimum atomic E-state index is -0.244. The third-order valence-corrected chi connectivity index (χ3v) is 2.48. The summed E-state index contributed by atoms with van der Waals surface area (Å²) in [4.78, 5) is 11.3. The van der Waals surface area contributed by atoms with Crippen molar-refractivity contribution >= 4 is 17.4 Å². The number of benzene rings is 1. The van der Waals surface area contributed by atoms with Crippen LogP contribution in [0.1, 0.15) is 10.5 Å². The molecule has 2 rings (SSSR count). The highest BCUT2D eigenvalue weighted by atomic mass is 35.5. The highest BCUT2D eigenvalue weighted by Gasteiger charge is 2.09. The van der Waals surface area contributed by atoms with Gasteiger partial charge in [-0.3, -0.25) is 4.79 Å². The number of hydrogen-bond donors (Lipinski definition) is 0. The number of Topliss-reactive ketones (excluding diaryl/α,β-unsaturated/α-hetero) is 1. The summed E-state index contributed by atoms with van der Waals surface area (Å²) < 4.78 is 6.56. The molecule has 0 bridgehead atoms. The van der Waals surface area contributed by atoms with Gasteiger partial charge in [0.15, 0.2) is 5.78 Å². The van der Waals surface area contributed by atoms with Gasteiger partial charge in [0.05, 0.1) is 24.9 Å². The number of hydrogen-bond acceptors (Lipinski definition) is 4. The van der Waals surface area contributed by atoms with Gasteiger partial charge in [0.25, 0.3) is 0 Å². The van der Waals surface area contributed by atoms with E-state index >= 15 is 0 Å². The number of ketones is 1. The van der Waals surface area contributed by atoms with Gasteiger partial charge >= 0.3 is 0 Å². The first-order valence-corrected chi connectivity index (χ1v) is 5.44. The van der Waals surface area contributed by atoms with E-state index in [4.69, 9.17) is 16.3 Å². The van der Waals surface area contributed by atoms with E-state index < -0.39 is 0 Å². The number of carbonyl (C=O) groups is 1. The van der Waals surface area contributed by atoms with Crippen molar-refractivity contribution in [3.63, 3.8) is 0 Å². The van der Waals surface area contributed by atoms with Crippen molar-refractivity contribution in [1.29, 1.82) is 0 Å². The Labute approximate surface area is 103 Å². The van der Waals surface area contributed by atoms with Gasteiger partial charge in [-0.2, -0.15) is 0 Å². The van der Waals surface area contributed by atoms with E-state index in [9.17, 15) is 4.79 Å². The molecule has 1 aromatic carbocycles. The Morgan fingerprint density at radius 2 is 2.12 bits per heavy atom. The van der Waals surface area contributed by atoms with Gasteiger partial charge in [-0.15, -0.1) is 16.7 Å². The van der Waals surface area contributed by atoms with Crippen LogP contribution in [0.3, 0.4) is 0 Å². The lowest BCUT2D eigenvalue weighted by Gasteiger charge is -2.01. The van der Waals surface area contributed by atoms with Crippen LogP contribution in [0.15, 0.2) is 30.5 Å². The first kappa shape index (κ1) is 11.6. The summed E-state index contributed by atoms with van der Waals surface area (Å²) >= 11 is 5.44. The molecule has 6 heteroatoms. The van der Waals surface area contributed by atoms with Crippen LogP contribution < -0.4 is 4.74 Å². The highest BCUT2D eigenvalue weighted by Crippen LogP contribution is 2.14. The van der Waals surface area contributed by atoms with Crippen molar-refractivity contribution in [2.45, 2.75) is 0 Å². The summed E-state index contributed by atoms with van der Waals surface area (Å²) in [5, 5.41) is 7.61. The molecule has 0 saturated carbocycles. The molecule has 17 heavy (non-hydrogen) atoms. The monoisotopic (exact) mass is 251 g/mol. The Hall–Kier alpha value is -1.88. The van der Waals surface area contributed by atoms with Crippen LogP contribution in [0, 0.1) is 0 Å². The maximum atomic E-state index is 11.3. The number of aromatic nitrogens is 3. The molecule has 0 N–H and O–H groups in total. The maximum Gasteiger partial charge on any atom is 0.199 e. The minimum absolute atomic E-state index is 0.0959. The van der Waals surface area contributed by atoms with Crippen molar-refractivity contribution in [1.82, 2.24) is 15.0 Å². The molecule has 1 heterocycles. The number of ether oxygens (including phenoxy) is 1. The Morgan fingerprint density at radius 3 is 2.71 bits per heavy atom. The molecule has 88 valence electrons. The van der Waals surface area contributed by atoms with Gasteiger partial charge in [-0.1, -0.05) is 5.21 Å². The quantitative estimate of drug-likeness (QED) is 0.613. The number of nitrogens with zero attached hydrogens (tertiary/aromatic N) is 3. The van der Waals surface area contributed by atoms with Gasteiger partial charge < -0.3 is 4.74 Å². The first-order chi connectivity index (χ1) is 8.24. The van der Waals surface area contributed by atoms with Crippen molar-refractivity contribution in [2.24, 2.45) is 0 Å². The Bertz CT molecular complexity index is 522. The standard InChI is InChI=1S/C11H10ClN3O2/c1-17-9-4-2-8(3-5-9)15-7-10(13-14-15)11(16)6-12/h2-5,7H,6H2,1H3. The fraction of sp³-hybridized carbons (Fsp3) is 0.182. The SMILES string of the molecule is COc1ccc(-n2cc(C(=O)CCl)nn2)cc1. The van der Waals surface area contributed by atoms with Crippen molar-refractivity contribution in [2.75, 3.05) is 13.0 Å². The highest BCUT2D eigenvalue weighted by molar-refractivity contribution is 6.30. The summed E-state index contributed by atoms with van der Waals surface area (Å²) in [5.74, 6) is 0.416. The van der Waals surface area contributed by atoms with E-state index in [1.165, 1.54) is 4.68 Å². The molecule has 0 fully saturated rings. The normalized spacial score (nSPS) is 10.2. The summed E-state index contributed by atoms with van der Waals surface area (Å²) in [5.41, 5.74) is 1.06. The topological polar surface area (TPSA) is 57.0 Å². The zero-order valence-electron chi connectivity index (χ0n) is 9.13. The number of methoxy groups -OCH3 is 1. The molecular weight excluding hydrogens is 242 g/mol. The Morgan fingerprint density at radius 1 is 1.41 bits per heavy atom. The molecule has 0 unspecified atom stereocenters. The number of halogens is 1. The van der Waals surface area contributed by atoms with Gasteiger partial charge in [-0.25, -0.2) is 4.68 Å². The molecule has 0 saturated heterocycles. The number of carbonyl (C=O) groups excluding carboxylic acids is 1. The molecule has 0 aliphatic carbocycles. The molecule has 1 aromatic heterocycles. The summed E-state index contributed by atoms with van der Waals surface area (Å²) in [7, 11) is 1.60. The molecule has 0 radical (unpaired) electrons. The van der Waals surface area contributed by atoms with Crippen LogP contribution in [0.4, 0.5) is 0 Å². The maximum absolute atomic E-state index is 11.3. The first-order valence-electron chi connectivity index (χ1n) is 4.90. The van der Waals surface area contributed by atoms with E-state index in [1.54, 1.807) is 25.4 Å². The van der Waals surface area contributed by atoms with Crippen LogP contribution in [0.2, 0.25) is 0 Å². The third kappa shape index (κ3) is 2.45. The molecular formula is C11H10ClN3O2. The predicted octanol–water partition coefficient (Wildman–Crippen LogP) is 1.70. The molecule has 0 atom stereocenters. The van der Waals surface area contributed by atoms with Gasteiger partial charge in [0, 0.05) is 0 Å². The van der Waals surface area contributed by atoms with Crippen molar-refractivity contribution < 1.29 is 9.53 Å². The molecule has 2 aromatic rings. The van der Waals surface area contributed by atoms with E-state index in [1.807, 2.05) is 12.1 Å². The van der Waals surface area contributed by atoms with Gasteiger partial charge in [-0.05, 0) is 24.3 Å². The smallest absolute Gasteiger partial charge is 0.199 e. The number of alkyl halides is 1. The predicted molar refractivity (Wildman–Crippen MR) is 63.0 cm³/mol. The second-order valence-corrected chi connectivity index (χ2v) is 3.57. The number of rotatable bonds is 4. The van der Waals surface area contributed by atoms with Crippen LogP contribution >= 0.6 is 11.6 Å². The fourth-order valence-electron chi connectivity index (χ4n) is 1.32. The Balaban J connectivity index is 2.27. The summed E-state index contributed by atoms with van der Waals surface area (Å²) in [6, 6.07) is 7.26. The molecule has 0 spiro atoms. The lowest BCUT2D eigenvalue weighted by Crippen LogP contribution is -2.00. The Kier molecular flexibility index (Phi) is 3.39. The second kappa shape index (κ2) is 4.97. The molecule has 0 aliphatic rings. The van der Waals surface area contributed by atoms with Crippen LogP contribution in [-0.4, -0.2) is 33.8 Å². The second-order valence-electron chi connectivity index (χ2n) is 3.30. The largest absolute Gasteiger partial charge is 0.497 e.